The molecule has 0 radical (unpaired) electrons. The Balaban J connectivity index is 1.73. The minimum absolute atomic E-state index is 0.0879. The van der Waals surface area contributed by atoms with Gasteiger partial charge in [0.15, 0.2) is 0 Å². The summed E-state index contributed by atoms with van der Waals surface area (Å²) in [5, 5.41) is 1.47. The number of hydrogen-bond acceptors (Lipinski definition) is 5. The van der Waals surface area contributed by atoms with E-state index in [0.29, 0.717) is 35.2 Å². The molecule has 4 rings (SSSR count). The SMILES string of the molecule is CCOc1ccc2ccc(OCC)c(/C=C3\SC(=O)N(Cc4ccc(F)cc4)C3=O)c2c1. The molecule has 0 aliphatic carbocycles. The molecule has 0 spiro atoms. The zero-order chi connectivity index (χ0) is 22.7. The lowest BCUT2D eigenvalue weighted by Gasteiger charge is -2.13. The number of imide groups is 1. The molecule has 1 fully saturated rings. The van der Waals surface area contributed by atoms with Crippen molar-refractivity contribution in [3.63, 3.8) is 0 Å². The van der Waals surface area contributed by atoms with Gasteiger partial charge in [0, 0.05) is 5.56 Å². The normalized spacial score (nSPS) is 15.1. The largest absolute Gasteiger partial charge is 0.494 e. The Bertz CT molecular complexity index is 1200. The molecule has 2 amide bonds. The van der Waals surface area contributed by atoms with E-state index in [0.717, 1.165) is 28.1 Å². The standard InChI is InChI=1S/C25H22FNO4S/c1-3-30-19-11-7-17-8-12-22(31-4-2)21(20(17)13-19)14-23-24(28)27(25(29)32-23)15-16-5-9-18(26)10-6-16/h5-14H,3-4,15H2,1-2H3/b23-14-. The van der Waals surface area contributed by atoms with E-state index in [-0.39, 0.29) is 23.5 Å². The van der Waals surface area contributed by atoms with Gasteiger partial charge in [0.1, 0.15) is 17.3 Å². The number of carbonyl (C=O) groups excluding carboxylic acids is 2. The van der Waals surface area contributed by atoms with Gasteiger partial charge >= 0.3 is 0 Å². The van der Waals surface area contributed by atoms with Crippen LogP contribution < -0.4 is 9.47 Å². The highest BCUT2D eigenvalue weighted by molar-refractivity contribution is 8.18. The Labute approximate surface area is 189 Å². The molecule has 0 saturated carbocycles. The van der Waals surface area contributed by atoms with Crippen LogP contribution in [0.5, 0.6) is 11.5 Å². The third kappa shape index (κ3) is 4.48. The second-order valence-corrected chi connectivity index (χ2v) is 8.11. The van der Waals surface area contributed by atoms with E-state index in [1.165, 1.54) is 17.0 Å². The van der Waals surface area contributed by atoms with Crippen molar-refractivity contribution in [1.29, 1.82) is 0 Å². The maximum atomic E-state index is 13.2. The smallest absolute Gasteiger partial charge is 0.293 e. The second kappa shape index (κ2) is 9.44. The quantitative estimate of drug-likeness (QED) is 0.412. The lowest BCUT2D eigenvalue weighted by atomic mass is 10.0. The Morgan fingerprint density at radius 2 is 1.69 bits per heavy atom. The van der Waals surface area contributed by atoms with Crippen molar-refractivity contribution in [3.8, 4) is 11.5 Å². The van der Waals surface area contributed by atoms with Gasteiger partial charge in [-0.25, -0.2) is 4.39 Å². The van der Waals surface area contributed by atoms with Crippen LogP contribution in [0.25, 0.3) is 16.8 Å². The molecule has 1 heterocycles. The van der Waals surface area contributed by atoms with Crippen molar-refractivity contribution in [1.82, 2.24) is 4.90 Å². The summed E-state index contributed by atoms with van der Waals surface area (Å²) >= 11 is 0.886. The summed E-state index contributed by atoms with van der Waals surface area (Å²) in [7, 11) is 0. The summed E-state index contributed by atoms with van der Waals surface area (Å²) in [4.78, 5) is 27.1. The van der Waals surface area contributed by atoms with Crippen LogP contribution >= 0.6 is 11.8 Å². The lowest BCUT2D eigenvalue weighted by Crippen LogP contribution is -2.27. The molecular formula is C25H22FNO4S. The molecule has 5 nitrogen and oxygen atoms in total. The summed E-state index contributed by atoms with van der Waals surface area (Å²) in [6.07, 6.45) is 1.71. The summed E-state index contributed by atoms with van der Waals surface area (Å²) in [6.45, 7) is 4.89. The van der Waals surface area contributed by atoms with E-state index in [4.69, 9.17) is 9.47 Å². The van der Waals surface area contributed by atoms with Crippen molar-refractivity contribution < 1.29 is 23.5 Å². The molecule has 0 aromatic heterocycles. The van der Waals surface area contributed by atoms with E-state index >= 15 is 0 Å². The molecule has 0 unspecified atom stereocenters. The predicted molar refractivity (Wildman–Crippen MR) is 124 cm³/mol. The molecule has 3 aromatic rings. The molecule has 7 heteroatoms. The van der Waals surface area contributed by atoms with Crippen LogP contribution in [0, 0.1) is 5.82 Å². The van der Waals surface area contributed by atoms with Crippen LogP contribution in [0.2, 0.25) is 0 Å². The maximum absolute atomic E-state index is 13.2. The lowest BCUT2D eigenvalue weighted by molar-refractivity contribution is -0.123. The monoisotopic (exact) mass is 451 g/mol. The first kappa shape index (κ1) is 21.9. The number of hydrogen-bond donors (Lipinski definition) is 0. The van der Waals surface area contributed by atoms with Crippen molar-refractivity contribution in [3.05, 3.63) is 76.4 Å². The number of nitrogens with zero attached hydrogens (tertiary/aromatic N) is 1. The Morgan fingerprint density at radius 1 is 0.969 bits per heavy atom. The van der Waals surface area contributed by atoms with Crippen LogP contribution in [0.15, 0.2) is 59.5 Å². The summed E-state index contributed by atoms with van der Waals surface area (Å²) in [5.41, 5.74) is 1.40. The minimum Gasteiger partial charge on any atom is -0.494 e. The van der Waals surface area contributed by atoms with E-state index in [1.54, 1.807) is 18.2 Å². The van der Waals surface area contributed by atoms with Crippen LogP contribution in [-0.2, 0) is 11.3 Å². The van der Waals surface area contributed by atoms with Crippen molar-refractivity contribution >= 4 is 39.8 Å². The van der Waals surface area contributed by atoms with Crippen molar-refractivity contribution in [2.24, 2.45) is 0 Å². The zero-order valence-electron chi connectivity index (χ0n) is 17.8. The highest BCUT2D eigenvalue weighted by Crippen LogP contribution is 2.38. The fraction of sp³-hybridized carbons (Fsp3) is 0.200. The molecule has 1 saturated heterocycles. The number of ether oxygens (including phenoxy) is 2. The van der Waals surface area contributed by atoms with Crippen LogP contribution in [0.3, 0.4) is 0 Å². The van der Waals surface area contributed by atoms with Crippen molar-refractivity contribution in [2.45, 2.75) is 20.4 Å². The molecule has 0 bridgehead atoms. The fourth-order valence-corrected chi connectivity index (χ4v) is 4.35. The number of amides is 2. The number of rotatable bonds is 7. The molecule has 1 aliphatic rings. The van der Waals surface area contributed by atoms with Crippen LogP contribution in [0.1, 0.15) is 25.0 Å². The summed E-state index contributed by atoms with van der Waals surface area (Å²) < 4.78 is 24.6. The van der Waals surface area contributed by atoms with Gasteiger partial charge in [-0.15, -0.1) is 0 Å². The first-order valence-corrected chi connectivity index (χ1v) is 11.1. The third-order valence-corrected chi connectivity index (χ3v) is 5.92. The van der Waals surface area contributed by atoms with Gasteiger partial charge in [-0.1, -0.05) is 24.3 Å². The molecule has 0 atom stereocenters. The number of fused-ring (bicyclic) bond motifs is 1. The number of halogens is 1. The number of benzene rings is 3. The molecule has 1 aliphatic heterocycles. The molecule has 0 N–H and O–H groups in total. The average molecular weight is 452 g/mol. The van der Waals surface area contributed by atoms with E-state index in [2.05, 4.69) is 0 Å². The average Bonchev–Trinajstić information content (AvgIpc) is 3.04. The number of thioether (sulfide) groups is 1. The van der Waals surface area contributed by atoms with E-state index in [9.17, 15) is 14.0 Å². The second-order valence-electron chi connectivity index (χ2n) is 7.12. The first-order chi connectivity index (χ1) is 15.5. The van der Waals surface area contributed by atoms with Crippen LogP contribution in [-0.4, -0.2) is 29.3 Å². The molecule has 3 aromatic carbocycles. The van der Waals surface area contributed by atoms with Crippen LogP contribution in [0.4, 0.5) is 9.18 Å². The molecule has 32 heavy (non-hydrogen) atoms. The Kier molecular flexibility index (Phi) is 6.46. The summed E-state index contributed by atoms with van der Waals surface area (Å²) in [5.74, 6) is 0.588. The molecular weight excluding hydrogens is 429 g/mol. The first-order valence-electron chi connectivity index (χ1n) is 10.3. The maximum Gasteiger partial charge on any atom is 0.293 e. The topological polar surface area (TPSA) is 55.8 Å². The molecule has 164 valence electrons. The highest BCUT2D eigenvalue weighted by Gasteiger charge is 2.35. The van der Waals surface area contributed by atoms with Gasteiger partial charge in [0.05, 0.1) is 24.7 Å². The fourth-order valence-electron chi connectivity index (χ4n) is 3.53. The van der Waals surface area contributed by atoms with E-state index in [1.807, 2.05) is 44.2 Å². The number of carbonyl (C=O) groups is 2. The van der Waals surface area contributed by atoms with Gasteiger partial charge < -0.3 is 9.47 Å². The highest BCUT2D eigenvalue weighted by atomic mass is 32.2. The minimum atomic E-state index is -0.385. The Hall–Kier alpha value is -3.32. The summed E-state index contributed by atoms with van der Waals surface area (Å²) in [6, 6.07) is 15.3. The van der Waals surface area contributed by atoms with Gasteiger partial charge in [-0.3, -0.25) is 14.5 Å². The third-order valence-electron chi connectivity index (χ3n) is 5.01. The van der Waals surface area contributed by atoms with Gasteiger partial charge in [-0.05, 0) is 78.4 Å². The van der Waals surface area contributed by atoms with Crippen molar-refractivity contribution in [2.75, 3.05) is 13.2 Å². The van der Waals surface area contributed by atoms with E-state index < -0.39 is 0 Å². The zero-order valence-corrected chi connectivity index (χ0v) is 18.6. The van der Waals surface area contributed by atoms with Gasteiger partial charge in [0.25, 0.3) is 11.1 Å². The van der Waals surface area contributed by atoms with Gasteiger partial charge in [-0.2, -0.15) is 0 Å². The Morgan fingerprint density at radius 3 is 2.41 bits per heavy atom. The predicted octanol–water partition coefficient (Wildman–Crippen LogP) is 6.01. The van der Waals surface area contributed by atoms with Gasteiger partial charge in [0.2, 0.25) is 0 Å².